The molecular formula is C15H12ClNO3S. The van der Waals surface area contributed by atoms with E-state index in [0.717, 1.165) is 9.79 Å². The summed E-state index contributed by atoms with van der Waals surface area (Å²) in [6.07, 6.45) is 2.02. The molecule has 0 aliphatic carbocycles. The molecule has 2 rings (SSSR count). The van der Waals surface area contributed by atoms with Crippen LogP contribution in [0.3, 0.4) is 0 Å². The monoisotopic (exact) mass is 321 g/mol. The number of ketones is 1. The number of pyridine rings is 1. The molecule has 0 fully saturated rings. The number of hydrogen-bond donors (Lipinski definition) is 1. The molecule has 1 N–H and O–H groups in total. The number of Topliss-reactive ketones (excluding diaryl/α,β-unsaturated/α-hetero) is 1. The van der Waals surface area contributed by atoms with Gasteiger partial charge in [0.15, 0.2) is 5.78 Å². The molecule has 0 aliphatic rings. The Kier molecular flexibility index (Phi) is 4.98. The first-order valence-electron chi connectivity index (χ1n) is 6.21. The van der Waals surface area contributed by atoms with E-state index < -0.39 is 5.97 Å². The van der Waals surface area contributed by atoms with Crippen molar-refractivity contribution in [3.05, 3.63) is 52.8 Å². The number of carbonyl (C=O) groups excluding carboxylic acids is 1. The summed E-state index contributed by atoms with van der Waals surface area (Å²) < 4.78 is 0. The molecule has 1 heterocycles. The second-order valence-electron chi connectivity index (χ2n) is 4.20. The van der Waals surface area contributed by atoms with Gasteiger partial charge < -0.3 is 5.11 Å². The molecule has 0 aliphatic heterocycles. The number of carbonyl (C=O) groups is 2. The van der Waals surface area contributed by atoms with Gasteiger partial charge in [0.2, 0.25) is 0 Å². The lowest BCUT2D eigenvalue weighted by atomic mass is 10.2. The second kappa shape index (κ2) is 6.74. The second-order valence-corrected chi connectivity index (χ2v) is 5.76. The Morgan fingerprint density at radius 2 is 1.95 bits per heavy atom. The Balaban J connectivity index is 2.20. The van der Waals surface area contributed by atoms with E-state index in [1.807, 2.05) is 0 Å². The SMILES string of the molecule is CCC(=O)c1ccc(Sc2ccc(Cl)c(C(=O)O)c2)cn1. The van der Waals surface area contributed by atoms with Gasteiger partial charge in [-0.2, -0.15) is 0 Å². The molecule has 0 spiro atoms. The molecule has 6 heteroatoms. The van der Waals surface area contributed by atoms with Gasteiger partial charge in [-0.15, -0.1) is 0 Å². The van der Waals surface area contributed by atoms with E-state index in [0.29, 0.717) is 12.1 Å². The molecule has 0 bridgehead atoms. The van der Waals surface area contributed by atoms with Gasteiger partial charge in [-0.05, 0) is 30.3 Å². The molecule has 0 atom stereocenters. The fourth-order valence-electron chi connectivity index (χ4n) is 1.65. The normalized spacial score (nSPS) is 10.4. The number of nitrogens with zero attached hydrogens (tertiary/aromatic N) is 1. The van der Waals surface area contributed by atoms with E-state index in [-0.39, 0.29) is 16.4 Å². The first-order valence-corrected chi connectivity index (χ1v) is 7.40. The van der Waals surface area contributed by atoms with E-state index in [1.54, 1.807) is 37.4 Å². The van der Waals surface area contributed by atoms with Crippen molar-refractivity contribution in [1.82, 2.24) is 4.98 Å². The Labute approximate surface area is 131 Å². The van der Waals surface area contributed by atoms with Crippen molar-refractivity contribution in [1.29, 1.82) is 0 Å². The van der Waals surface area contributed by atoms with Gasteiger partial charge in [-0.25, -0.2) is 4.79 Å². The zero-order valence-electron chi connectivity index (χ0n) is 11.2. The number of hydrogen-bond acceptors (Lipinski definition) is 4. The van der Waals surface area contributed by atoms with Crippen LogP contribution >= 0.6 is 23.4 Å². The lowest BCUT2D eigenvalue weighted by Gasteiger charge is -2.05. The van der Waals surface area contributed by atoms with Gasteiger partial charge in [0.25, 0.3) is 0 Å². The maximum absolute atomic E-state index is 11.5. The number of rotatable bonds is 5. The third kappa shape index (κ3) is 3.83. The highest BCUT2D eigenvalue weighted by molar-refractivity contribution is 7.99. The smallest absolute Gasteiger partial charge is 0.337 e. The van der Waals surface area contributed by atoms with E-state index in [1.165, 1.54) is 17.8 Å². The van der Waals surface area contributed by atoms with Gasteiger partial charge in [-0.3, -0.25) is 9.78 Å². The Morgan fingerprint density at radius 3 is 2.52 bits per heavy atom. The maximum atomic E-state index is 11.5. The van der Waals surface area contributed by atoms with Crippen LogP contribution in [0.5, 0.6) is 0 Å². The predicted molar refractivity (Wildman–Crippen MR) is 81.4 cm³/mol. The number of carboxylic acid groups (broad SMARTS) is 1. The summed E-state index contributed by atoms with van der Waals surface area (Å²) in [7, 11) is 0. The van der Waals surface area contributed by atoms with Crippen LogP contribution in [0, 0.1) is 0 Å². The lowest BCUT2D eigenvalue weighted by molar-refractivity contribution is 0.0696. The van der Waals surface area contributed by atoms with Crippen molar-refractivity contribution >= 4 is 35.1 Å². The molecular weight excluding hydrogens is 310 g/mol. The average Bonchev–Trinajstić information content (AvgIpc) is 2.49. The van der Waals surface area contributed by atoms with E-state index in [2.05, 4.69) is 4.98 Å². The van der Waals surface area contributed by atoms with Gasteiger partial charge >= 0.3 is 5.97 Å². The van der Waals surface area contributed by atoms with Crippen LogP contribution in [0.1, 0.15) is 34.2 Å². The maximum Gasteiger partial charge on any atom is 0.337 e. The molecule has 0 amide bonds. The standard InChI is InChI=1S/C15H12ClNO3S/c1-2-14(18)13-6-4-10(8-17-13)21-9-3-5-12(16)11(7-9)15(19)20/h3-8H,2H2,1H3,(H,19,20). The van der Waals surface area contributed by atoms with E-state index in [4.69, 9.17) is 16.7 Å². The third-order valence-electron chi connectivity index (χ3n) is 2.75. The number of carboxylic acids is 1. The number of aromatic carboxylic acids is 1. The zero-order valence-corrected chi connectivity index (χ0v) is 12.7. The lowest BCUT2D eigenvalue weighted by Crippen LogP contribution is -1.99. The van der Waals surface area contributed by atoms with Crippen molar-refractivity contribution in [3.63, 3.8) is 0 Å². The quantitative estimate of drug-likeness (QED) is 0.837. The van der Waals surface area contributed by atoms with Crippen LogP contribution in [0.4, 0.5) is 0 Å². The van der Waals surface area contributed by atoms with Gasteiger partial charge in [0.1, 0.15) is 5.69 Å². The molecule has 0 saturated carbocycles. The summed E-state index contributed by atoms with van der Waals surface area (Å²) in [6, 6.07) is 8.26. The minimum Gasteiger partial charge on any atom is -0.478 e. The Morgan fingerprint density at radius 1 is 1.24 bits per heavy atom. The molecule has 108 valence electrons. The summed E-state index contributed by atoms with van der Waals surface area (Å²) in [5.41, 5.74) is 0.497. The van der Waals surface area contributed by atoms with Crippen LogP contribution in [0.2, 0.25) is 5.02 Å². The van der Waals surface area contributed by atoms with Crippen molar-refractivity contribution in [2.45, 2.75) is 23.1 Å². The third-order valence-corrected chi connectivity index (χ3v) is 4.04. The van der Waals surface area contributed by atoms with Crippen LogP contribution in [-0.2, 0) is 0 Å². The highest BCUT2D eigenvalue weighted by Gasteiger charge is 2.10. The summed E-state index contributed by atoms with van der Waals surface area (Å²) >= 11 is 7.19. The molecule has 1 aromatic heterocycles. The van der Waals surface area contributed by atoms with E-state index in [9.17, 15) is 9.59 Å². The highest BCUT2D eigenvalue weighted by atomic mass is 35.5. The van der Waals surface area contributed by atoms with E-state index >= 15 is 0 Å². The van der Waals surface area contributed by atoms with Crippen LogP contribution in [-0.4, -0.2) is 21.8 Å². The van der Waals surface area contributed by atoms with Gasteiger partial charge in [0.05, 0.1) is 10.6 Å². The molecule has 1 aromatic carbocycles. The summed E-state index contributed by atoms with van der Waals surface area (Å²) in [5.74, 6) is -1.07. The minimum atomic E-state index is -1.07. The molecule has 0 radical (unpaired) electrons. The van der Waals surface area contributed by atoms with Gasteiger partial charge in [-0.1, -0.05) is 30.3 Å². The van der Waals surface area contributed by atoms with Gasteiger partial charge in [0, 0.05) is 22.4 Å². The first-order chi connectivity index (χ1) is 10.0. The fourth-order valence-corrected chi connectivity index (χ4v) is 2.68. The van der Waals surface area contributed by atoms with Crippen LogP contribution < -0.4 is 0 Å². The predicted octanol–water partition coefficient (Wildman–Crippen LogP) is 4.18. The highest BCUT2D eigenvalue weighted by Crippen LogP contribution is 2.30. The average molecular weight is 322 g/mol. The summed E-state index contributed by atoms with van der Waals surface area (Å²) in [4.78, 5) is 28.2. The molecule has 4 nitrogen and oxygen atoms in total. The largest absolute Gasteiger partial charge is 0.478 e. The molecule has 0 saturated heterocycles. The van der Waals surface area contributed by atoms with Crippen molar-refractivity contribution < 1.29 is 14.7 Å². The van der Waals surface area contributed by atoms with Crippen LogP contribution in [0.25, 0.3) is 0 Å². The molecule has 0 unspecified atom stereocenters. The van der Waals surface area contributed by atoms with Crippen molar-refractivity contribution in [2.75, 3.05) is 0 Å². The van der Waals surface area contributed by atoms with Crippen molar-refractivity contribution in [3.8, 4) is 0 Å². The first kappa shape index (κ1) is 15.5. The molecule has 2 aromatic rings. The number of benzene rings is 1. The Hall–Kier alpha value is -1.85. The minimum absolute atomic E-state index is 0.00814. The van der Waals surface area contributed by atoms with Crippen molar-refractivity contribution in [2.24, 2.45) is 0 Å². The summed E-state index contributed by atoms with van der Waals surface area (Å²) in [6.45, 7) is 1.79. The summed E-state index contributed by atoms with van der Waals surface area (Å²) in [5, 5.41) is 9.24. The van der Waals surface area contributed by atoms with Crippen LogP contribution in [0.15, 0.2) is 46.3 Å². The fraction of sp³-hybridized carbons (Fsp3) is 0.133. The zero-order chi connectivity index (χ0) is 15.4. The topological polar surface area (TPSA) is 67.3 Å². The molecule has 21 heavy (non-hydrogen) atoms. The Bertz CT molecular complexity index is 686. The number of aromatic nitrogens is 1. The number of halogens is 1.